The molecule has 16 heteroatoms. The summed E-state index contributed by atoms with van der Waals surface area (Å²) in [6.45, 7) is 8.24. The Hall–Kier alpha value is -3.70. The van der Waals surface area contributed by atoms with Crippen molar-refractivity contribution in [3.05, 3.63) is 83.2 Å². The van der Waals surface area contributed by atoms with Gasteiger partial charge in [-0.25, -0.2) is 13.0 Å². The van der Waals surface area contributed by atoms with Crippen LogP contribution in [0.25, 0.3) is 0 Å². The van der Waals surface area contributed by atoms with Gasteiger partial charge in [-0.2, -0.15) is 16.8 Å². The van der Waals surface area contributed by atoms with E-state index in [0.717, 1.165) is 11.3 Å². The zero-order chi connectivity index (χ0) is 35.9. The first-order chi connectivity index (χ1) is 22.0. The molecule has 0 aliphatic carbocycles. The Morgan fingerprint density at radius 2 is 1.62 bits per heavy atom. The van der Waals surface area contributed by atoms with Crippen LogP contribution in [-0.2, 0) is 47.4 Å². The van der Waals surface area contributed by atoms with E-state index in [4.69, 9.17) is 10.7 Å². The number of nitrogens with zero attached hydrogens (tertiary/aromatic N) is 3. The fourth-order valence-corrected chi connectivity index (χ4v) is 7.64. The first kappa shape index (κ1) is 37.1. The number of fused-ring (bicyclic) bond motifs is 2. The maximum atomic E-state index is 12.1. The van der Waals surface area contributed by atoms with Crippen molar-refractivity contribution in [3.63, 3.8) is 0 Å². The summed E-state index contributed by atoms with van der Waals surface area (Å²) < 4.78 is 90.5. The van der Waals surface area contributed by atoms with Gasteiger partial charge in [0.15, 0.2) is 5.71 Å². The Morgan fingerprint density at radius 3 is 2.23 bits per heavy atom. The van der Waals surface area contributed by atoms with E-state index >= 15 is 0 Å². The number of hydrogen-bond donors (Lipinski definition) is 3. The smallest absolute Gasteiger partial charge is 0.327 e. The molecule has 0 fully saturated rings. The molecule has 2 aromatic rings. The van der Waals surface area contributed by atoms with Crippen LogP contribution in [0.15, 0.2) is 76.4 Å². The van der Waals surface area contributed by atoms with Crippen LogP contribution < -0.4 is 15.2 Å². The summed E-state index contributed by atoms with van der Waals surface area (Å²) in [5, 5.41) is 0. The summed E-state index contributed by atoms with van der Waals surface area (Å²) in [4.78, 5) is 18.5. The second kappa shape index (κ2) is 13.3. The highest BCUT2D eigenvalue weighted by Crippen LogP contribution is 2.48. The number of nitrogens with two attached hydrogens (primary N) is 1. The van der Waals surface area contributed by atoms with Gasteiger partial charge in [0.05, 0.1) is 39.5 Å². The van der Waals surface area contributed by atoms with Crippen molar-refractivity contribution >= 4 is 53.2 Å². The third kappa shape index (κ3) is 8.29. The second-order valence-electron chi connectivity index (χ2n) is 13.0. The number of amides is 1. The molecule has 1 aromatic carbocycles. The van der Waals surface area contributed by atoms with Crippen LogP contribution in [0.5, 0.6) is 0 Å². The molecule has 13 nitrogen and oxygen atoms in total. The van der Waals surface area contributed by atoms with E-state index in [1.165, 1.54) is 18.4 Å². The summed E-state index contributed by atoms with van der Waals surface area (Å²) in [5.41, 5.74) is 8.05. The van der Waals surface area contributed by atoms with Crippen LogP contribution in [0.1, 0.15) is 62.0 Å². The fourth-order valence-electron chi connectivity index (χ4n) is 5.98. The number of benzene rings is 1. The van der Waals surface area contributed by atoms with Crippen molar-refractivity contribution in [2.24, 2.45) is 10.7 Å². The third-order valence-corrected chi connectivity index (χ3v) is 11.2. The van der Waals surface area contributed by atoms with Gasteiger partial charge in [0.2, 0.25) is 0 Å². The molecule has 48 heavy (non-hydrogen) atoms. The van der Waals surface area contributed by atoms with Gasteiger partial charge in [-0.05, 0) is 73.7 Å². The summed E-state index contributed by atoms with van der Waals surface area (Å²) in [7, 11) is -11.8. The highest BCUT2D eigenvalue weighted by Gasteiger charge is 2.43. The van der Waals surface area contributed by atoms with Gasteiger partial charge in [0.25, 0.3) is 26.1 Å². The fraction of sp³-hybridized carbons (Fsp3) is 0.406. The van der Waals surface area contributed by atoms with Crippen molar-refractivity contribution in [2.75, 3.05) is 29.2 Å². The van der Waals surface area contributed by atoms with Crippen LogP contribution in [0.4, 0.5) is 11.5 Å². The quantitative estimate of drug-likeness (QED) is 0.156. The Labute approximate surface area is 282 Å². The zero-order valence-electron chi connectivity index (χ0n) is 27.4. The van der Waals surface area contributed by atoms with Gasteiger partial charge >= 0.3 is 5.82 Å². The number of sulfone groups is 1. The summed E-state index contributed by atoms with van der Waals surface area (Å²) in [6, 6.07) is 5.96. The van der Waals surface area contributed by atoms with E-state index in [0.29, 0.717) is 35.7 Å². The first-order valence-electron chi connectivity index (χ1n) is 15.1. The topological polar surface area (TPSA) is 205 Å². The lowest BCUT2D eigenvalue weighted by Gasteiger charge is -2.27. The highest BCUT2D eigenvalue weighted by molar-refractivity contribution is 7.90. The molecular formula is C32H41N4O9S3+. The Bertz CT molecular complexity index is 2100. The molecule has 0 radical (unpaired) electrons. The average Bonchev–Trinajstić information content (AvgIpc) is 3.32. The molecule has 1 aromatic heterocycles. The van der Waals surface area contributed by atoms with Crippen molar-refractivity contribution in [1.29, 1.82) is 0 Å². The molecule has 0 saturated heterocycles. The van der Waals surface area contributed by atoms with E-state index in [1.807, 2.05) is 44.7 Å². The number of carbonyl (C=O) groups excluding carboxylic acids is 1. The number of allylic oxidation sites excluding steroid dienone is 6. The van der Waals surface area contributed by atoms with Crippen LogP contribution in [0.3, 0.4) is 0 Å². The number of anilines is 1. The van der Waals surface area contributed by atoms with E-state index in [-0.39, 0.29) is 29.2 Å². The van der Waals surface area contributed by atoms with Gasteiger partial charge < -0.3 is 10.6 Å². The van der Waals surface area contributed by atoms with Crippen LogP contribution in [-0.4, -0.2) is 70.3 Å². The third-order valence-electron chi connectivity index (χ3n) is 8.52. The Balaban J connectivity index is 1.64. The van der Waals surface area contributed by atoms with E-state index in [2.05, 4.69) is 0 Å². The van der Waals surface area contributed by atoms with E-state index < -0.39 is 52.6 Å². The molecule has 1 amide bonds. The number of primary amides is 1. The number of hydrogen-bond acceptors (Lipinski definition) is 9. The minimum Gasteiger partial charge on any atom is -0.365 e. The molecule has 0 saturated carbocycles. The van der Waals surface area contributed by atoms with Gasteiger partial charge in [0, 0.05) is 29.6 Å². The van der Waals surface area contributed by atoms with Gasteiger partial charge in [0.1, 0.15) is 16.0 Å². The molecular weight excluding hydrogens is 681 g/mol. The summed E-state index contributed by atoms with van der Waals surface area (Å²) in [6.07, 6.45) is 12.2. The van der Waals surface area contributed by atoms with Crippen molar-refractivity contribution in [2.45, 2.75) is 62.8 Å². The number of aryl methyl sites for hydroxylation is 1. The van der Waals surface area contributed by atoms with Crippen molar-refractivity contribution in [1.82, 2.24) is 0 Å². The van der Waals surface area contributed by atoms with E-state index in [9.17, 15) is 39.2 Å². The zero-order valence-corrected chi connectivity index (χ0v) is 29.9. The lowest BCUT2D eigenvalue weighted by Crippen LogP contribution is -2.37. The molecule has 0 unspecified atom stereocenters. The van der Waals surface area contributed by atoms with Crippen LogP contribution >= 0.6 is 0 Å². The SMILES string of the molecule is CC1(C)C(/C=C/C=C/C=C2/N(CCCS(=O)(=O)O)c3ccc(S(=O)(=O)O)cc3C2(C)C)=Nc2c1cc(C(N)=O)c[n+]2CCCS(C)(=O)=O. The largest absolute Gasteiger partial charge is 0.365 e. The molecule has 260 valence electrons. The maximum Gasteiger partial charge on any atom is 0.327 e. The van der Waals surface area contributed by atoms with Gasteiger partial charge in [-0.3, -0.25) is 13.9 Å². The molecule has 3 heterocycles. The normalized spacial score (nSPS) is 18.1. The highest BCUT2D eigenvalue weighted by atomic mass is 32.2. The Kier molecular flexibility index (Phi) is 10.3. The Morgan fingerprint density at radius 1 is 0.938 bits per heavy atom. The molecule has 0 atom stereocenters. The molecule has 0 bridgehead atoms. The van der Waals surface area contributed by atoms with Gasteiger partial charge in [-0.1, -0.05) is 32.1 Å². The lowest BCUT2D eigenvalue weighted by atomic mass is 9.81. The predicted molar refractivity (Wildman–Crippen MR) is 184 cm³/mol. The van der Waals surface area contributed by atoms with Crippen molar-refractivity contribution < 1.29 is 43.7 Å². The number of aliphatic imine (C=N–C) groups is 1. The second-order valence-corrected chi connectivity index (χ2v) is 18.2. The molecule has 4 N–H and O–H groups in total. The van der Waals surface area contributed by atoms with Crippen LogP contribution in [0, 0.1) is 0 Å². The average molecular weight is 722 g/mol. The molecule has 0 spiro atoms. The molecule has 2 aliphatic rings. The molecule has 4 rings (SSSR count). The summed E-state index contributed by atoms with van der Waals surface area (Å²) >= 11 is 0. The minimum absolute atomic E-state index is 0.0166. The predicted octanol–water partition coefficient (Wildman–Crippen LogP) is 3.19. The van der Waals surface area contributed by atoms with Gasteiger partial charge in [-0.15, -0.1) is 0 Å². The monoisotopic (exact) mass is 721 g/mol. The van der Waals surface area contributed by atoms with E-state index in [1.54, 1.807) is 41.1 Å². The number of rotatable bonds is 13. The maximum absolute atomic E-state index is 12.1. The number of aromatic nitrogens is 1. The lowest BCUT2D eigenvalue weighted by molar-refractivity contribution is -0.684. The summed E-state index contributed by atoms with van der Waals surface area (Å²) in [5.74, 6) is -0.465. The first-order valence-corrected chi connectivity index (χ1v) is 20.2. The molecule has 2 aliphatic heterocycles. The minimum atomic E-state index is -4.46. The van der Waals surface area contributed by atoms with Crippen LogP contribution in [0.2, 0.25) is 0 Å². The number of pyridine rings is 1. The van der Waals surface area contributed by atoms with Crippen molar-refractivity contribution in [3.8, 4) is 0 Å². The standard InChI is InChI=1S/C32H40N4O9S3/c1-31(2)25-19-22(29(33)37)21-35(15-9-17-46(5,38)39)30(25)34-27(31)11-7-6-8-12-28-32(3,4)24-20-23(48(43,44)45)13-14-26(24)36(28)16-10-18-47(40,41)42/h6-8,11-14,19-21H,9-10,15-18H2,1-5H3,(H3-,33,37,40,41,42,43,44,45)/p+1. The number of carbonyl (C=O) groups is 1.